The molecule has 0 spiro atoms. The molecule has 14 heavy (non-hydrogen) atoms. The molecule has 0 heterocycles. The quantitative estimate of drug-likeness (QED) is 0.503. The predicted octanol–water partition coefficient (Wildman–Crippen LogP) is 2.92. The van der Waals surface area contributed by atoms with Crippen LogP contribution in [-0.2, 0) is 4.43 Å². The van der Waals surface area contributed by atoms with Gasteiger partial charge < -0.3 is 9.27 Å². The summed E-state index contributed by atoms with van der Waals surface area (Å²) in [6.07, 6.45) is 4.09. The first-order valence-electron chi connectivity index (χ1n) is 5.55. The average Bonchev–Trinajstić information content (AvgIpc) is 2.60. The minimum Gasteiger partial charge on any atom is -0.407 e. The van der Waals surface area contributed by atoms with Crippen LogP contribution in [0.5, 0.6) is 0 Å². The van der Waals surface area contributed by atoms with Crippen LogP contribution in [-0.4, -0.2) is 20.5 Å². The van der Waals surface area contributed by atoms with E-state index in [1.807, 2.05) is 0 Å². The molecule has 0 aliphatic heterocycles. The van der Waals surface area contributed by atoms with Gasteiger partial charge in [-0.1, -0.05) is 0 Å². The van der Waals surface area contributed by atoms with Crippen molar-refractivity contribution < 1.29 is 4.43 Å². The van der Waals surface area contributed by atoms with Gasteiger partial charge >= 0.3 is 0 Å². The predicted molar refractivity (Wildman–Crippen MR) is 59.4 cm³/mol. The summed E-state index contributed by atoms with van der Waals surface area (Å²) in [5, 5.41) is 0. The topological polar surface area (TPSA) is 13.6 Å². The van der Waals surface area contributed by atoms with Gasteiger partial charge in [0, 0.05) is 5.92 Å². The van der Waals surface area contributed by atoms with Gasteiger partial charge in [0.05, 0.1) is 0 Å². The second kappa shape index (κ2) is 3.36. The van der Waals surface area contributed by atoms with Gasteiger partial charge in [0.2, 0.25) is 0 Å². The van der Waals surface area contributed by atoms with Gasteiger partial charge in [-0.25, -0.2) is 6.57 Å². The highest BCUT2D eigenvalue weighted by Gasteiger charge is 2.53. The van der Waals surface area contributed by atoms with E-state index in [0.29, 0.717) is 11.8 Å². The van der Waals surface area contributed by atoms with Crippen molar-refractivity contribution in [3.63, 3.8) is 0 Å². The first-order chi connectivity index (χ1) is 6.51. The third-order valence-corrected chi connectivity index (χ3v) is 4.42. The second-order valence-electron chi connectivity index (χ2n) is 5.65. The lowest BCUT2D eigenvalue weighted by Gasteiger charge is -2.29. The van der Waals surface area contributed by atoms with E-state index < -0.39 is 8.32 Å². The minimum absolute atomic E-state index is 0.181. The Morgan fingerprint density at radius 1 is 1.21 bits per heavy atom. The fourth-order valence-electron chi connectivity index (χ4n) is 2.96. The fraction of sp³-hybridized carbons (Fsp3) is 0.909. The maximum atomic E-state index is 7.25. The summed E-state index contributed by atoms with van der Waals surface area (Å²) in [5.41, 5.74) is 0. The van der Waals surface area contributed by atoms with Gasteiger partial charge in [-0.2, -0.15) is 0 Å². The van der Waals surface area contributed by atoms with Crippen LogP contribution in [0.1, 0.15) is 19.3 Å². The highest BCUT2D eigenvalue weighted by molar-refractivity contribution is 6.69. The first kappa shape index (κ1) is 10.2. The van der Waals surface area contributed by atoms with Gasteiger partial charge in [-0.15, -0.1) is 0 Å². The molecule has 0 aromatic carbocycles. The van der Waals surface area contributed by atoms with Crippen molar-refractivity contribution in [1.82, 2.24) is 0 Å². The van der Waals surface area contributed by atoms with Crippen LogP contribution in [0.25, 0.3) is 4.85 Å². The summed E-state index contributed by atoms with van der Waals surface area (Å²) in [5.74, 6) is 1.35. The Morgan fingerprint density at radius 2 is 1.86 bits per heavy atom. The Kier molecular flexibility index (Phi) is 2.44. The summed E-state index contributed by atoms with van der Waals surface area (Å²) >= 11 is 0. The van der Waals surface area contributed by atoms with Gasteiger partial charge in [-0.05, 0) is 44.8 Å². The minimum atomic E-state index is -1.46. The van der Waals surface area contributed by atoms with E-state index in [0.717, 1.165) is 0 Å². The van der Waals surface area contributed by atoms with E-state index in [9.17, 15) is 0 Å². The van der Waals surface area contributed by atoms with Crippen LogP contribution >= 0.6 is 0 Å². The lowest BCUT2D eigenvalue weighted by molar-refractivity contribution is 0.124. The molecule has 4 unspecified atom stereocenters. The molecule has 0 radical (unpaired) electrons. The van der Waals surface area contributed by atoms with E-state index in [2.05, 4.69) is 24.5 Å². The van der Waals surface area contributed by atoms with Crippen molar-refractivity contribution in [1.29, 1.82) is 0 Å². The second-order valence-corrected chi connectivity index (χ2v) is 10.1. The highest BCUT2D eigenvalue weighted by atomic mass is 28.4. The van der Waals surface area contributed by atoms with E-state index >= 15 is 0 Å². The van der Waals surface area contributed by atoms with Gasteiger partial charge in [0.15, 0.2) is 8.32 Å². The average molecular weight is 209 g/mol. The zero-order chi connectivity index (χ0) is 10.3. The van der Waals surface area contributed by atoms with Crippen LogP contribution in [0.4, 0.5) is 0 Å². The summed E-state index contributed by atoms with van der Waals surface area (Å²) in [7, 11) is -1.46. The lowest BCUT2D eigenvalue weighted by Crippen LogP contribution is -2.41. The molecule has 2 rings (SSSR count). The molecule has 0 saturated heterocycles. The highest BCUT2D eigenvalue weighted by Crippen LogP contribution is 2.48. The number of hydrogen-bond donors (Lipinski definition) is 0. The standard InChI is InChI=1S/C11H19NOSi/c1-12-10-8-5-6-9(7-8)11(10)13-14(2,3)4/h8-11H,5-7H2,2-4H3. The molecule has 2 fully saturated rings. The van der Waals surface area contributed by atoms with Crippen LogP contribution in [0.3, 0.4) is 0 Å². The van der Waals surface area contributed by atoms with Crippen molar-refractivity contribution in [3.8, 4) is 0 Å². The summed E-state index contributed by atoms with van der Waals surface area (Å²) < 4.78 is 6.16. The fourth-order valence-corrected chi connectivity index (χ4v) is 4.11. The van der Waals surface area contributed by atoms with Crippen molar-refractivity contribution in [3.05, 3.63) is 11.4 Å². The Labute approximate surface area is 87.6 Å². The van der Waals surface area contributed by atoms with E-state index in [1.54, 1.807) is 0 Å². The Hall–Kier alpha value is -0.333. The molecule has 3 heteroatoms. The number of hydrogen-bond acceptors (Lipinski definition) is 1. The molecule has 4 atom stereocenters. The third kappa shape index (κ3) is 1.73. The molecule has 0 aromatic rings. The Morgan fingerprint density at radius 3 is 2.43 bits per heavy atom. The van der Waals surface area contributed by atoms with Crippen LogP contribution < -0.4 is 0 Å². The molecule has 2 nitrogen and oxygen atoms in total. The summed E-state index contributed by atoms with van der Waals surface area (Å²) in [6.45, 7) is 13.9. The van der Waals surface area contributed by atoms with Crippen molar-refractivity contribution >= 4 is 8.32 Å². The Balaban J connectivity index is 2.08. The summed E-state index contributed by atoms with van der Waals surface area (Å²) in [6, 6.07) is 0.181. The number of fused-ring (bicyclic) bond motifs is 2. The molecule has 2 aliphatic carbocycles. The van der Waals surface area contributed by atoms with Crippen molar-refractivity contribution in [2.45, 2.75) is 51.0 Å². The molecular formula is C11H19NOSi. The van der Waals surface area contributed by atoms with Crippen molar-refractivity contribution in [2.75, 3.05) is 0 Å². The molecule has 0 amide bonds. The van der Waals surface area contributed by atoms with E-state index in [4.69, 9.17) is 11.0 Å². The van der Waals surface area contributed by atoms with Gasteiger partial charge in [0.1, 0.15) is 6.10 Å². The molecule has 2 saturated carbocycles. The van der Waals surface area contributed by atoms with Crippen LogP contribution in [0, 0.1) is 18.4 Å². The van der Waals surface area contributed by atoms with Gasteiger partial charge in [0.25, 0.3) is 6.04 Å². The molecular weight excluding hydrogens is 190 g/mol. The lowest BCUT2D eigenvalue weighted by atomic mass is 9.93. The van der Waals surface area contributed by atoms with Crippen molar-refractivity contribution in [2.24, 2.45) is 11.8 Å². The summed E-state index contributed by atoms with van der Waals surface area (Å²) in [4.78, 5) is 3.78. The maximum absolute atomic E-state index is 7.25. The largest absolute Gasteiger partial charge is 0.407 e. The maximum Gasteiger partial charge on any atom is 0.251 e. The third-order valence-electron chi connectivity index (χ3n) is 3.44. The smallest absolute Gasteiger partial charge is 0.251 e. The first-order valence-corrected chi connectivity index (χ1v) is 8.96. The number of rotatable bonds is 2. The number of nitrogens with zero attached hydrogens (tertiary/aromatic N) is 1. The molecule has 2 aliphatic rings. The molecule has 0 aromatic heterocycles. The van der Waals surface area contributed by atoms with E-state index in [1.165, 1.54) is 19.3 Å². The molecule has 78 valence electrons. The monoisotopic (exact) mass is 209 g/mol. The normalized spacial score (nSPS) is 41.3. The van der Waals surface area contributed by atoms with Crippen LogP contribution in [0.2, 0.25) is 19.6 Å². The SMILES string of the molecule is [C-]#[N+]C1C2CCC(C2)C1O[Si](C)(C)C. The Bertz CT molecular complexity index is 265. The molecule has 0 N–H and O–H groups in total. The van der Waals surface area contributed by atoms with Crippen LogP contribution in [0.15, 0.2) is 0 Å². The van der Waals surface area contributed by atoms with Gasteiger partial charge in [-0.3, -0.25) is 0 Å². The molecule has 2 bridgehead atoms. The zero-order valence-electron chi connectivity index (χ0n) is 9.29. The zero-order valence-corrected chi connectivity index (χ0v) is 10.3. The van der Waals surface area contributed by atoms with E-state index in [-0.39, 0.29) is 12.1 Å².